The summed E-state index contributed by atoms with van der Waals surface area (Å²) in [5, 5.41) is 3.95. The van der Waals surface area contributed by atoms with Crippen LogP contribution in [0.1, 0.15) is 27.9 Å². The number of hydrogen-bond acceptors (Lipinski definition) is 4. The summed E-state index contributed by atoms with van der Waals surface area (Å²) in [5.41, 5.74) is 0.467. The number of aryl methyl sites for hydroxylation is 1. The molecule has 0 radical (unpaired) electrons. The predicted octanol–water partition coefficient (Wildman–Crippen LogP) is 4.55. The third kappa shape index (κ3) is 5.06. The van der Waals surface area contributed by atoms with E-state index in [1.54, 1.807) is 18.7 Å². The largest absolute Gasteiger partial charge is 0.416 e. The van der Waals surface area contributed by atoms with Crippen LogP contribution in [0.5, 0.6) is 0 Å². The minimum atomic E-state index is -4.46. The zero-order valence-corrected chi connectivity index (χ0v) is 14.6. The first-order valence-corrected chi connectivity index (χ1v) is 8.40. The molecule has 0 saturated carbocycles. The molecule has 8 heteroatoms. The molecule has 0 aliphatic heterocycles. The van der Waals surface area contributed by atoms with Gasteiger partial charge in [-0.1, -0.05) is 35.5 Å². The van der Waals surface area contributed by atoms with Crippen LogP contribution in [0.4, 0.5) is 13.2 Å². The van der Waals surface area contributed by atoms with Crippen molar-refractivity contribution in [2.45, 2.75) is 19.1 Å². The normalized spacial score (nSPS) is 12.0. The molecule has 0 amide bonds. The van der Waals surface area contributed by atoms with Gasteiger partial charge in [-0.15, -0.1) is 0 Å². The highest BCUT2D eigenvalue weighted by Gasteiger charge is 2.30. The van der Waals surface area contributed by atoms with Crippen LogP contribution in [0.15, 0.2) is 78.5 Å². The molecule has 0 saturated heterocycles. The van der Waals surface area contributed by atoms with E-state index in [9.17, 15) is 18.0 Å². The molecule has 0 atom stereocenters. The number of nitrogens with zero attached hydrogens (tertiary/aromatic N) is 3. The third-order valence-corrected chi connectivity index (χ3v) is 3.96. The molecule has 5 nitrogen and oxygen atoms in total. The average Bonchev–Trinajstić information content (AvgIpc) is 3.21. The number of benzene rings is 2. The van der Waals surface area contributed by atoms with E-state index in [0.29, 0.717) is 18.7 Å². The molecule has 144 valence electrons. The van der Waals surface area contributed by atoms with Gasteiger partial charge in [0.15, 0.2) is 0 Å². The minimum Gasteiger partial charge on any atom is -0.337 e. The molecule has 0 spiro atoms. The first-order valence-electron chi connectivity index (χ1n) is 8.40. The summed E-state index contributed by atoms with van der Waals surface area (Å²) in [5.74, 6) is -0.829. The third-order valence-electron chi connectivity index (χ3n) is 3.96. The average molecular weight is 387 g/mol. The van der Waals surface area contributed by atoms with E-state index in [4.69, 9.17) is 4.84 Å². The van der Waals surface area contributed by atoms with Crippen LogP contribution in [-0.4, -0.2) is 21.2 Å². The maximum absolute atomic E-state index is 12.6. The molecule has 0 fully saturated rings. The second-order valence-electron chi connectivity index (χ2n) is 5.91. The summed E-state index contributed by atoms with van der Waals surface area (Å²) in [4.78, 5) is 21.1. The van der Waals surface area contributed by atoms with Crippen molar-refractivity contribution in [3.8, 4) is 0 Å². The Labute approximate surface area is 159 Å². The Balaban J connectivity index is 1.73. The zero-order chi connectivity index (χ0) is 20.0. The minimum absolute atomic E-state index is 0.0150. The fourth-order valence-electron chi connectivity index (χ4n) is 2.47. The van der Waals surface area contributed by atoms with Gasteiger partial charge in [0.05, 0.1) is 23.2 Å². The number of hydrogen-bond donors (Lipinski definition) is 0. The van der Waals surface area contributed by atoms with Gasteiger partial charge >= 0.3 is 12.1 Å². The van der Waals surface area contributed by atoms with Gasteiger partial charge in [0.1, 0.15) is 0 Å². The van der Waals surface area contributed by atoms with Crippen molar-refractivity contribution < 1.29 is 22.8 Å². The van der Waals surface area contributed by atoms with Crippen molar-refractivity contribution in [1.82, 2.24) is 9.55 Å². The molecule has 2 aromatic carbocycles. The molecule has 0 N–H and O–H groups in total. The van der Waals surface area contributed by atoms with E-state index < -0.39 is 17.7 Å². The number of imidazole rings is 1. The maximum atomic E-state index is 12.6. The Kier molecular flexibility index (Phi) is 5.88. The highest BCUT2D eigenvalue weighted by molar-refractivity contribution is 6.01. The summed E-state index contributed by atoms with van der Waals surface area (Å²) in [6.45, 7) is 0.575. The van der Waals surface area contributed by atoms with E-state index in [2.05, 4.69) is 10.1 Å². The lowest BCUT2D eigenvalue weighted by atomic mass is 10.1. The van der Waals surface area contributed by atoms with Gasteiger partial charge in [0.25, 0.3) is 0 Å². The highest BCUT2D eigenvalue weighted by Crippen LogP contribution is 2.29. The number of alkyl halides is 3. The van der Waals surface area contributed by atoms with Crippen molar-refractivity contribution in [2.24, 2.45) is 5.16 Å². The number of rotatable bonds is 6. The Hall–Kier alpha value is -3.42. The summed E-state index contributed by atoms with van der Waals surface area (Å²) in [7, 11) is 0. The molecule has 0 unspecified atom stereocenters. The van der Waals surface area contributed by atoms with Gasteiger partial charge in [0, 0.05) is 25.4 Å². The summed E-state index contributed by atoms with van der Waals surface area (Å²) < 4.78 is 39.7. The summed E-state index contributed by atoms with van der Waals surface area (Å²) in [6, 6.07) is 13.0. The molecule has 1 aromatic heterocycles. The van der Waals surface area contributed by atoms with Crippen LogP contribution in [0, 0.1) is 0 Å². The van der Waals surface area contributed by atoms with E-state index in [1.165, 1.54) is 0 Å². The molecular formula is C20H16F3N3O2. The van der Waals surface area contributed by atoms with E-state index in [-0.39, 0.29) is 5.56 Å². The zero-order valence-electron chi connectivity index (χ0n) is 14.6. The highest BCUT2D eigenvalue weighted by atomic mass is 19.4. The van der Waals surface area contributed by atoms with Crippen LogP contribution >= 0.6 is 0 Å². The Morgan fingerprint density at radius 1 is 1.04 bits per heavy atom. The predicted molar refractivity (Wildman–Crippen MR) is 96.7 cm³/mol. The van der Waals surface area contributed by atoms with Gasteiger partial charge in [-0.3, -0.25) is 0 Å². The van der Waals surface area contributed by atoms with Crippen molar-refractivity contribution in [3.05, 3.63) is 90.0 Å². The summed E-state index contributed by atoms with van der Waals surface area (Å²) in [6.07, 6.45) is 1.13. The molecule has 0 bridgehead atoms. The number of carbonyl (C=O) groups excluding carboxylic acids is 1. The number of carbonyl (C=O) groups is 1. The van der Waals surface area contributed by atoms with Gasteiger partial charge < -0.3 is 9.40 Å². The summed E-state index contributed by atoms with van der Waals surface area (Å²) >= 11 is 0. The molecule has 0 aliphatic rings. The second-order valence-corrected chi connectivity index (χ2v) is 5.91. The number of oxime groups is 1. The SMILES string of the molecule is O=C(O/N=C(\CCn1ccnc1)c1ccccc1)c1ccc(C(F)(F)F)cc1. The van der Waals surface area contributed by atoms with Crippen LogP contribution in [0.2, 0.25) is 0 Å². The fourth-order valence-corrected chi connectivity index (χ4v) is 2.47. The first kappa shape index (κ1) is 19.3. The topological polar surface area (TPSA) is 56.5 Å². The van der Waals surface area contributed by atoms with E-state index in [0.717, 1.165) is 29.8 Å². The molecule has 3 rings (SSSR count). The standard InChI is InChI=1S/C20H16F3N3O2/c21-20(22,23)17-8-6-16(7-9-17)19(27)28-25-18(15-4-2-1-3-5-15)10-12-26-13-11-24-14-26/h1-9,11,13-14H,10,12H2/b25-18+. The molecule has 0 aliphatic carbocycles. The quantitative estimate of drug-likeness (QED) is 0.354. The lowest BCUT2D eigenvalue weighted by Gasteiger charge is -2.08. The Morgan fingerprint density at radius 2 is 1.75 bits per heavy atom. The van der Waals surface area contributed by atoms with Crippen LogP contribution in [0.25, 0.3) is 0 Å². The smallest absolute Gasteiger partial charge is 0.337 e. The van der Waals surface area contributed by atoms with Gasteiger partial charge in [-0.2, -0.15) is 13.2 Å². The Morgan fingerprint density at radius 3 is 2.36 bits per heavy atom. The van der Waals surface area contributed by atoms with Crippen molar-refractivity contribution >= 4 is 11.7 Å². The Bertz CT molecular complexity index is 935. The fraction of sp³-hybridized carbons (Fsp3) is 0.150. The lowest BCUT2D eigenvalue weighted by molar-refractivity contribution is -0.137. The first-order chi connectivity index (χ1) is 13.4. The van der Waals surface area contributed by atoms with E-state index in [1.807, 2.05) is 34.9 Å². The maximum Gasteiger partial charge on any atom is 0.416 e. The van der Waals surface area contributed by atoms with Crippen LogP contribution in [-0.2, 0) is 17.6 Å². The molecule has 3 aromatic rings. The van der Waals surface area contributed by atoms with Crippen molar-refractivity contribution in [2.75, 3.05) is 0 Å². The van der Waals surface area contributed by atoms with Crippen LogP contribution in [0.3, 0.4) is 0 Å². The van der Waals surface area contributed by atoms with Crippen molar-refractivity contribution in [3.63, 3.8) is 0 Å². The molecule has 1 heterocycles. The van der Waals surface area contributed by atoms with Gasteiger partial charge in [-0.25, -0.2) is 9.78 Å². The molecule has 28 heavy (non-hydrogen) atoms. The van der Waals surface area contributed by atoms with Crippen molar-refractivity contribution in [1.29, 1.82) is 0 Å². The van der Waals surface area contributed by atoms with Gasteiger partial charge in [0.2, 0.25) is 0 Å². The van der Waals surface area contributed by atoms with Gasteiger partial charge in [-0.05, 0) is 29.8 Å². The molecular weight excluding hydrogens is 371 g/mol. The van der Waals surface area contributed by atoms with Crippen LogP contribution < -0.4 is 0 Å². The monoisotopic (exact) mass is 387 g/mol. The number of halogens is 3. The number of aromatic nitrogens is 2. The lowest BCUT2D eigenvalue weighted by Crippen LogP contribution is -2.10. The second kappa shape index (κ2) is 8.51. The van der Waals surface area contributed by atoms with E-state index >= 15 is 0 Å².